The van der Waals surface area contributed by atoms with E-state index in [0.717, 1.165) is 18.4 Å². The summed E-state index contributed by atoms with van der Waals surface area (Å²) in [5, 5.41) is 2.74. The van der Waals surface area contributed by atoms with E-state index in [1.807, 2.05) is 38.1 Å². The molecule has 0 saturated heterocycles. The number of aryl methyl sites for hydroxylation is 1. The van der Waals surface area contributed by atoms with Crippen molar-refractivity contribution in [3.05, 3.63) is 59.7 Å². The van der Waals surface area contributed by atoms with E-state index in [0.29, 0.717) is 23.6 Å². The van der Waals surface area contributed by atoms with Crippen molar-refractivity contribution in [2.75, 3.05) is 18.5 Å². The lowest BCUT2D eigenvalue weighted by molar-refractivity contribution is -0.118. The topological polar surface area (TPSA) is 64.6 Å². The molecule has 0 aromatic heterocycles. The van der Waals surface area contributed by atoms with Gasteiger partial charge in [0.2, 0.25) is 0 Å². The Bertz CT molecular complexity index is 710. The third-order valence-electron chi connectivity index (χ3n) is 3.55. The van der Waals surface area contributed by atoms with Gasteiger partial charge in [-0.1, -0.05) is 32.0 Å². The monoisotopic (exact) mass is 341 g/mol. The van der Waals surface area contributed by atoms with Gasteiger partial charge in [0.25, 0.3) is 5.91 Å². The number of anilines is 1. The molecule has 0 aliphatic rings. The van der Waals surface area contributed by atoms with Gasteiger partial charge in [0.1, 0.15) is 5.75 Å². The number of carbonyl (C=O) groups is 2. The highest BCUT2D eigenvalue weighted by Crippen LogP contribution is 2.18. The highest BCUT2D eigenvalue weighted by molar-refractivity contribution is 5.93. The molecule has 1 amide bonds. The average Bonchev–Trinajstić information content (AvgIpc) is 2.65. The molecule has 2 aromatic rings. The van der Waals surface area contributed by atoms with Crippen LogP contribution >= 0.6 is 0 Å². The lowest BCUT2D eigenvalue weighted by atomic mass is 10.1. The van der Waals surface area contributed by atoms with Gasteiger partial charge in [-0.05, 0) is 48.7 Å². The molecule has 2 aromatic carbocycles. The van der Waals surface area contributed by atoms with Crippen LogP contribution in [0.15, 0.2) is 48.5 Å². The maximum Gasteiger partial charge on any atom is 0.338 e. The zero-order chi connectivity index (χ0) is 18.1. The predicted octanol–water partition coefficient (Wildman–Crippen LogP) is 3.83. The quantitative estimate of drug-likeness (QED) is 0.741. The minimum absolute atomic E-state index is 0.0721. The molecule has 5 heteroatoms. The number of rotatable bonds is 8. The fourth-order valence-electron chi connectivity index (χ4n) is 2.24. The molecule has 0 unspecified atom stereocenters. The van der Waals surface area contributed by atoms with E-state index < -0.39 is 0 Å². The number of esters is 1. The van der Waals surface area contributed by atoms with Crippen LogP contribution < -0.4 is 10.1 Å². The highest BCUT2D eigenvalue weighted by Gasteiger charge is 2.09. The van der Waals surface area contributed by atoms with Crippen LogP contribution in [0.3, 0.4) is 0 Å². The summed E-state index contributed by atoms with van der Waals surface area (Å²) in [5.41, 5.74) is 2.12. The van der Waals surface area contributed by atoms with E-state index in [9.17, 15) is 9.59 Å². The van der Waals surface area contributed by atoms with Crippen molar-refractivity contribution in [3.8, 4) is 5.75 Å². The molecule has 0 fully saturated rings. The SMILES string of the molecule is CCCOC(=O)c1ccc(NC(=O)COc2ccccc2CC)cc1. The maximum absolute atomic E-state index is 12.0. The Morgan fingerprint density at radius 2 is 1.72 bits per heavy atom. The Morgan fingerprint density at radius 3 is 2.40 bits per heavy atom. The molecule has 0 aliphatic heterocycles. The molecule has 0 atom stereocenters. The van der Waals surface area contributed by atoms with E-state index in [4.69, 9.17) is 9.47 Å². The van der Waals surface area contributed by atoms with Crippen molar-refractivity contribution >= 4 is 17.6 Å². The summed E-state index contributed by atoms with van der Waals surface area (Å²) < 4.78 is 10.6. The molecule has 0 heterocycles. The number of para-hydroxylation sites is 1. The number of carbonyl (C=O) groups excluding carboxylic acids is 2. The van der Waals surface area contributed by atoms with Crippen LogP contribution in [0.5, 0.6) is 5.75 Å². The fourth-order valence-corrected chi connectivity index (χ4v) is 2.24. The van der Waals surface area contributed by atoms with Gasteiger partial charge < -0.3 is 14.8 Å². The molecular weight excluding hydrogens is 318 g/mol. The number of amides is 1. The number of hydrogen-bond donors (Lipinski definition) is 1. The number of ether oxygens (including phenoxy) is 2. The molecule has 0 aliphatic carbocycles. The second-order valence-corrected chi connectivity index (χ2v) is 5.51. The minimum Gasteiger partial charge on any atom is -0.483 e. The zero-order valence-electron chi connectivity index (χ0n) is 14.6. The van der Waals surface area contributed by atoms with Crippen molar-refractivity contribution in [2.45, 2.75) is 26.7 Å². The molecule has 1 N–H and O–H groups in total. The van der Waals surface area contributed by atoms with Gasteiger partial charge in [-0.25, -0.2) is 4.79 Å². The van der Waals surface area contributed by atoms with Crippen molar-refractivity contribution in [1.82, 2.24) is 0 Å². The van der Waals surface area contributed by atoms with Crippen molar-refractivity contribution in [3.63, 3.8) is 0 Å². The Balaban J connectivity index is 1.87. The van der Waals surface area contributed by atoms with E-state index in [1.54, 1.807) is 24.3 Å². The first kappa shape index (κ1) is 18.5. The van der Waals surface area contributed by atoms with Crippen LogP contribution in [0.1, 0.15) is 36.2 Å². The standard InChI is InChI=1S/C20H23NO4/c1-3-13-24-20(23)16-9-11-17(12-10-16)21-19(22)14-25-18-8-6-5-7-15(18)4-2/h5-12H,3-4,13-14H2,1-2H3,(H,21,22). The Hall–Kier alpha value is -2.82. The average molecular weight is 341 g/mol. The van der Waals surface area contributed by atoms with Gasteiger partial charge in [-0.2, -0.15) is 0 Å². The van der Waals surface area contributed by atoms with Gasteiger partial charge >= 0.3 is 5.97 Å². The minimum atomic E-state index is -0.362. The summed E-state index contributed by atoms with van der Waals surface area (Å²) in [6.07, 6.45) is 1.62. The normalized spacial score (nSPS) is 10.2. The van der Waals surface area contributed by atoms with E-state index in [-0.39, 0.29) is 18.5 Å². The van der Waals surface area contributed by atoms with Crippen LogP contribution in [0.25, 0.3) is 0 Å². The number of nitrogens with one attached hydrogen (secondary N) is 1. The van der Waals surface area contributed by atoms with Gasteiger partial charge in [0.05, 0.1) is 12.2 Å². The first-order valence-electron chi connectivity index (χ1n) is 8.41. The van der Waals surface area contributed by atoms with E-state index >= 15 is 0 Å². The summed E-state index contributed by atoms with van der Waals surface area (Å²) >= 11 is 0. The molecule has 0 bridgehead atoms. The fraction of sp³-hybridized carbons (Fsp3) is 0.300. The third-order valence-corrected chi connectivity index (χ3v) is 3.55. The molecule has 0 spiro atoms. The molecule has 0 radical (unpaired) electrons. The van der Waals surface area contributed by atoms with Crippen LogP contribution in [0.4, 0.5) is 5.69 Å². The highest BCUT2D eigenvalue weighted by atomic mass is 16.5. The van der Waals surface area contributed by atoms with E-state index in [1.165, 1.54) is 0 Å². The second kappa shape index (κ2) is 9.47. The van der Waals surface area contributed by atoms with Crippen molar-refractivity contribution in [2.24, 2.45) is 0 Å². The molecule has 2 rings (SSSR count). The molecule has 132 valence electrons. The van der Waals surface area contributed by atoms with Gasteiger partial charge in [0.15, 0.2) is 6.61 Å². The first-order chi connectivity index (χ1) is 12.1. The number of hydrogen-bond acceptors (Lipinski definition) is 4. The van der Waals surface area contributed by atoms with Gasteiger partial charge in [-0.15, -0.1) is 0 Å². The Labute approximate surface area is 148 Å². The molecule has 25 heavy (non-hydrogen) atoms. The smallest absolute Gasteiger partial charge is 0.338 e. The summed E-state index contributed by atoms with van der Waals surface area (Å²) in [6.45, 7) is 4.30. The molecular formula is C20H23NO4. The summed E-state index contributed by atoms with van der Waals surface area (Å²) in [5.74, 6) is 0.0978. The molecule has 5 nitrogen and oxygen atoms in total. The van der Waals surface area contributed by atoms with Gasteiger partial charge in [0, 0.05) is 5.69 Å². The summed E-state index contributed by atoms with van der Waals surface area (Å²) in [7, 11) is 0. The van der Waals surface area contributed by atoms with Crippen LogP contribution in [-0.4, -0.2) is 25.1 Å². The second-order valence-electron chi connectivity index (χ2n) is 5.51. The zero-order valence-corrected chi connectivity index (χ0v) is 14.6. The number of benzene rings is 2. The van der Waals surface area contributed by atoms with Crippen molar-refractivity contribution < 1.29 is 19.1 Å². The lowest BCUT2D eigenvalue weighted by Crippen LogP contribution is -2.20. The predicted molar refractivity (Wildman–Crippen MR) is 97.0 cm³/mol. The van der Waals surface area contributed by atoms with Crippen LogP contribution in [-0.2, 0) is 16.0 Å². The third kappa shape index (κ3) is 5.64. The van der Waals surface area contributed by atoms with Crippen LogP contribution in [0, 0.1) is 0 Å². The van der Waals surface area contributed by atoms with Crippen molar-refractivity contribution in [1.29, 1.82) is 0 Å². The van der Waals surface area contributed by atoms with Crippen LogP contribution in [0.2, 0.25) is 0 Å². The first-order valence-corrected chi connectivity index (χ1v) is 8.41. The van der Waals surface area contributed by atoms with E-state index in [2.05, 4.69) is 5.32 Å². The largest absolute Gasteiger partial charge is 0.483 e. The maximum atomic E-state index is 12.0. The van der Waals surface area contributed by atoms with Gasteiger partial charge in [-0.3, -0.25) is 4.79 Å². The Kier molecular flexibility index (Phi) is 7.01. The lowest BCUT2D eigenvalue weighted by Gasteiger charge is -2.11. The molecule has 0 saturated carbocycles. The summed E-state index contributed by atoms with van der Waals surface area (Å²) in [6, 6.07) is 14.2. The summed E-state index contributed by atoms with van der Waals surface area (Å²) in [4.78, 5) is 23.7. The Morgan fingerprint density at radius 1 is 1.00 bits per heavy atom.